The maximum Gasteiger partial charge on any atom is 0.331 e. The molecule has 0 saturated carbocycles. The van der Waals surface area contributed by atoms with Gasteiger partial charge in [0, 0.05) is 36.5 Å². The van der Waals surface area contributed by atoms with Crippen LogP contribution in [0.15, 0.2) is 73.4 Å². The fourth-order valence-corrected chi connectivity index (χ4v) is 6.35. The molecule has 2 aromatic carbocycles. The number of urea groups is 1. The van der Waals surface area contributed by atoms with Gasteiger partial charge < -0.3 is 15.0 Å². The molecule has 0 radical (unpaired) electrons. The number of thiophene rings is 1. The van der Waals surface area contributed by atoms with Crippen LogP contribution in [0.5, 0.6) is 11.5 Å². The minimum absolute atomic E-state index is 0. The topological polar surface area (TPSA) is 91.8 Å². The lowest BCUT2D eigenvalue weighted by Gasteiger charge is -2.29. The zero-order chi connectivity index (χ0) is 27.1. The molecule has 2 aromatic heterocycles. The number of pyridine rings is 1. The first-order valence-electron chi connectivity index (χ1n) is 12.7. The number of hydrogen-bond donors (Lipinski definition) is 1. The lowest BCUT2D eigenvalue weighted by molar-refractivity contribution is -0.125. The van der Waals surface area contributed by atoms with E-state index < -0.39 is 0 Å². The molecule has 0 unspecified atom stereocenters. The van der Waals surface area contributed by atoms with Crippen molar-refractivity contribution in [2.45, 2.75) is 19.8 Å². The largest absolute Gasteiger partial charge is 0.457 e. The number of rotatable bonds is 7. The van der Waals surface area contributed by atoms with Gasteiger partial charge in [0.1, 0.15) is 22.1 Å². The van der Waals surface area contributed by atoms with Crippen molar-refractivity contribution in [2.24, 2.45) is 5.92 Å². The van der Waals surface area contributed by atoms with Crippen molar-refractivity contribution in [1.29, 1.82) is 0 Å². The molecule has 40 heavy (non-hydrogen) atoms. The van der Waals surface area contributed by atoms with E-state index in [0.717, 1.165) is 37.8 Å². The molecule has 6 rings (SSSR count). The predicted octanol–water partition coefficient (Wildman–Crippen LogP) is 6.34. The number of aromatic nitrogens is 1. The Morgan fingerprint density at radius 3 is 2.70 bits per heavy atom. The first kappa shape index (κ1) is 27.4. The maximum atomic E-state index is 13.5. The first-order chi connectivity index (χ1) is 18.9. The van der Waals surface area contributed by atoms with E-state index in [1.165, 1.54) is 17.4 Å². The molecule has 1 atom stereocenters. The molecular weight excluding hydrogens is 544 g/mol. The number of amides is 3. The minimum atomic E-state index is -0.300. The van der Waals surface area contributed by atoms with E-state index in [2.05, 4.69) is 16.9 Å². The second-order valence-corrected chi connectivity index (χ2v) is 10.7. The van der Waals surface area contributed by atoms with Crippen molar-refractivity contribution in [2.75, 3.05) is 23.3 Å². The van der Waals surface area contributed by atoms with Gasteiger partial charge in [0.2, 0.25) is 5.91 Å². The summed E-state index contributed by atoms with van der Waals surface area (Å²) < 4.78 is 5.96. The Hall–Kier alpha value is -4.15. The van der Waals surface area contributed by atoms with Crippen LogP contribution in [0.3, 0.4) is 0 Å². The summed E-state index contributed by atoms with van der Waals surface area (Å²) in [5, 5.41) is 3.85. The van der Waals surface area contributed by atoms with Crippen LogP contribution >= 0.6 is 24.8 Å². The van der Waals surface area contributed by atoms with E-state index >= 15 is 0 Å². The van der Waals surface area contributed by atoms with Crippen LogP contribution in [-0.4, -0.2) is 40.7 Å². The number of likely N-dealkylation sites (tertiary alicyclic amines) is 1. The average Bonchev–Trinajstić information content (AvgIpc) is 3.56. The molecular formula is C30H28N4O4S2. The van der Waals surface area contributed by atoms with Gasteiger partial charge in [-0.15, -0.1) is 11.3 Å². The molecule has 1 saturated heterocycles. The first-order valence-corrected chi connectivity index (χ1v) is 13.5. The van der Waals surface area contributed by atoms with Gasteiger partial charge in [0.15, 0.2) is 0 Å². The summed E-state index contributed by atoms with van der Waals surface area (Å²) in [6.45, 7) is 6.42. The van der Waals surface area contributed by atoms with Crippen LogP contribution in [0.2, 0.25) is 0 Å². The number of Topliss-reactive ketones (excluding diaryl/α,β-unsaturated/α-hetero) is 1. The third kappa shape index (κ3) is 4.96. The van der Waals surface area contributed by atoms with Gasteiger partial charge in [0.05, 0.1) is 22.4 Å². The van der Waals surface area contributed by atoms with Crippen LogP contribution in [0.1, 0.15) is 16.9 Å². The van der Waals surface area contributed by atoms with Crippen molar-refractivity contribution in [1.82, 2.24) is 9.88 Å². The molecule has 8 nitrogen and oxygen atoms in total. The third-order valence-electron chi connectivity index (χ3n) is 7.17. The van der Waals surface area contributed by atoms with Crippen molar-refractivity contribution in [3.63, 3.8) is 0 Å². The zero-order valence-corrected chi connectivity index (χ0v) is 23.7. The smallest absolute Gasteiger partial charge is 0.331 e. The summed E-state index contributed by atoms with van der Waals surface area (Å²) in [4.78, 5) is 48.0. The highest BCUT2D eigenvalue weighted by molar-refractivity contribution is 7.59. The number of benzene rings is 2. The minimum Gasteiger partial charge on any atom is -0.457 e. The molecule has 1 fully saturated rings. The lowest BCUT2D eigenvalue weighted by atomic mass is 9.99. The van der Waals surface area contributed by atoms with Gasteiger partial charge in [-0.3, -0.25) is 14.5 Å². The molecule has 204 valence electrons. The van der Waals surface area contributed by atoms with Crippen molar-refractivity contribution < 1.29 is 19.1 Å². The van der Waals surface area contributed by atoms with Crippen LogP contribution in [0.4, 0.5) is 21.9 Å². The lowest BCUT2D eigenvalue weighted by Crippen LogP contribution is -2.34. The quantitative estimate of drug-likeness (QED) is 0.261. The summed E-state index contributed by atoms with van der Waals surface area (Å²) in [5.74, 6) is 1.09. The number of hydrogen-bond acceptors (Lipinski definition) is 6. The third-order valence-corrected chi connectivity index (χ3v) is 8.27. The van der Waals surface area contributed by atoms with Gasteiger partial charge in [-0.05, 0) is 61.4 Å². The van der Waals surface area contributed by atoms with Gasteiger partial charge >= 0.3 is 6.03 Å². The average molecular weight is 573 g/mol. The Balaban J connectivity index is 0.00000323. The molecule has 1 N–H and O–H groups in total. The summed E-state index contributed by atoms with van der Waals surface area (Å²) in [7, 11) is 0. The standard InChI is InChI=1S/C30H26N4O4S.H2S/c1-3-26(36)33-14-12-19(17-33)24(35)16-25-28-27-23(11-13-31-29(27)39-25)34(30(37)32-28)22-10-9-21(15-18(22)2)38-20-7-5-4-6-8-20;/h3-11,13,15,19H,1,12,14,16-17H2,2H3,(H,32,37);1H2/t19-;/m0./s1. The summed E-state index contributed by atoms with van der Waals surface area (Å²) >= 11 is 1.42. The molecule has 0 aliphatic carbocycles. The number of carbonyl (C=O) groups is 3. The monoisotopic (exact) mass is 572 g/mol. The molecule has 2 aliphatic rings. The summed E-state index contributed by atoms with van der Waals surface area (Å²) in [6, 6.07) is 16.7. The Morgan fingerprint density at radius 2 is 1.95 bits per heavy atom. The molecule has 0 bridgehead atoms. The number of para-hydroxylation sites is 1. The SMILES string of the molecule is C=CC(=O)N1CC[C@H](C(=O)Cc2sc3nccc4c3c2NC(=O)N4c2ccc(Oc3ccccc3)cc2C)C1.S. The predicted molar refractivity (Wildman–Crippen MR) is 162 cm³/mol. The highest BCUT2D eigenvalue weighted by Gasteiger charge is 2.34. The molecule has 0 spiro atoms. The molecule has 10 heteroatoms. The fourth-order valence-electron chi connectivity index (χ4n) is 5.23. The number of ether oxygens (including phenoxy) is 1. The zero-order valence-electron chi connectivity index (χ0n) is 21.8. The number of nitrogens with one attached hydrogen (secondary N) is 1. The summed E-state index contributed by atoms with van der Waals surface area (Å²) in [6.07, 6.45) is 3.78. The van der Waals surface area contributed by atoms with Crippen LogP contribution in [-0.2, 0) is 16.0 Å². The molecule has 3 amide bonds. The second kappa shape index (κ2) is 11.1. The Morgan fingerprint density at radius 1 is 1.15 bits per heavy atom. The van der Waals surface area contributed by atoms with E-state index in [0.29, 0.717) is 30.9 Å². The molecule has 2 aliphatic heterocycles. The second-order valence-electron chi connectivity index (χ2n) is 9.66. The van der Waals surface area contributed by atoms with E-state index in [4.69, 9.17) is 4.74 Å². The van der Waals surface area contributed by atoms with E-state index in [9.17, 15) is 14.4 Å². The number of aryl methyl sites for hydroxylation is 1. The van der Waals surface area contributed by atoms with Gasteiger partial charge in [0.25, 0.3) is 0 Å². The molecule has 4 aromatic rings. The van der Waals surface area contributed by atoms with Gasteiger partial charge in [-0.1, -0.05) is 24.8 Å². The number of nitrogens with zero attached hydrogens (tertiary/aromatic N) is 3. The van der Waals surface area contributed by atoms with Crippen molar-refractivity contribution in [3.8, 4) is 11.5 Å². The Labute approximate surface area is 242 Å². The highest BCUT2D eigenvalue weighted by Crippen LogP contribution is 2.47. The number of carbonyl (C=O) groups excluding carboxylic acids is 3. The highest BCUT2D eigenvalue weighted by atomic mass is 32.1. The van der Waals surface area contributed by atoms with Crippen molar-refractivity contribution in [3.05, 3.63) is 83.9 Å². The maximum absolute atomic E-state index is 13.5. The number of ketones is 1. The van der Waals surface area contributed by atoms with Crippen LogP contribution in [0, 0.1) is 12.8 Å². The van der Waals surface area contributed by atoms with Gasteiger partial charge in [-0.2, -0.15) is 13.5 Å². The normalized spacial score (nSPS) is 15.9. The Kier molecular flexibility index (Phi) is 7.64. The van der Waals surface area contributed by atoms with E-state index in [-0.39, 0.29) is 43.6 Å². The van der Waals surface area contributed by atoms with E-state index in [1.54, 1.807) is 16.0 Å². The van der Waals surface area contributed by atoms with Crippen LogP contribution < -0.4 is 15.0 Å². The van der Waals surface area contributed by atoms with Crippen LogP contribution in [0.25, 0.3) is 10.2 Å². The van der Waals surface area contributed by atoms with E-state index in [1.807, 2.05) is 61.5 Å². The number of anilines is 3. The van der Waals surface area contributed by atoms with Crippen molar-refractivity contribution >= 4 is 69.8 Å². The fraction of sp³-hybridized carbons (Fsp3) is 0.200. The summed E-state index contributed by atoms with van der Waals surface area (Å²) in [5.41, 5.74) is 2.97. The Bertz CT molecular complexity index is 1640. The van der Waals surface area contributed by atoms with Gasteiger partial charge in [-0.25, -0.2) is 9.78 Å². The molecule has 4 heterocycles.